The van der Waals surface area contributed by atoms with Gasteiger partial charge in [-0.05, 0) is 32.9 Å². The molecule has 0 amide bonds. The van der Waals surface area contributed by atoms with Crippen molar-refractivity contribution < 1.29 is 14.2 Å². The van der Waals surface area contributed by atoms with E-state index in [0.717, 1.165) is 17.7 Å². The largest absolute Gasteiger partial charge is 0.497 e. The van der Waals surface area contributed by atoms with Crippen LogP contribution in [0.4, 0.5) is 0 Å². The van der Waals surface area contributed by atoms with Crippen LogP contribution >= 0.6 is 0 Å². The average molecular weight is 236 g/mol. The zero-order valence-electron chi connectivity index (χ0n) is 10.9. The molecule has 1 aromatic carbocycles. The second-order valence-corrected chi connectivity index (χ2v) is 5.13. The molecule has 1 aromatic rings. The van der Waals surface area contributed by atoms with Gasteiger partial charge in [-0.25, -0.2) is 0 Å². The summed E-state index contributed by atoms with van der Waals surface area (Å²) in [5.74, 6) is 0.844. The van der Waals surface area contributed by atoms with Crippen molar-refractivity contribution in [1.29, 1.82) is 0 Å². The first-order valence-electron chi connectivity index (χ1n) is 5.97. The van der Waals surface area contributed by atoms with Gasteiger partial charge in [0.05, 0.1) is 18.8 Å². The Balaban J connectivity index is 2.15. The minimum absolute atomic E-state index is 0.137. The molecule has 0 N–H and O–H groups in total. The molecule has 0 spiro atoms. The SMILES string of the molecule is COc1ccc([C@H]2O[C@@H](C)CC(C)(C)O2)cc1. The summed E-state index contributed by atoms with van der Waals surface area (Å²) in [6, 6.07) is 7.82. The maximum Gasteiger partial charge on any atom is 0.184 e. The molecule has 0 radical (unpaired) electrons. The molecule has 1 aliphatic heterocycles. The molecule has 94 valence electrons. The molecular formula is C14H20O3. The molecule has 1 aliphatic rings. The van der Waals surface area contributed by atoms with E-state index >= 15 is 0 Å². The zero-order chi connectivity index (χ0) is 12.5. The summed E-state index contributed by atoms with van der Waals surface area (Å²) in [4.78, 5) is 0. The van der Waals surface area contributed by atoms with E-state index in [9.17, 15) is 0 Å². The molecule has 2 atom stereocenters. The molecule has 0 aromatic heterocycles. The van der Waals surface area contributed by atoms with Crippen molar-refractivity contribution in [3.8, 4) is 5.75 Å². The smallest absolute Gasteiger partial charge is 0.184 e. The number of ether oxygens (including phenoxy) is 3. The number of methoxy groups -OCH3 is 1. The van der Waals surface area contributed by atoms with Gasteiger partial charge >= 0.3 is 0 Å². The lowest BCUT2D eigenvalue weighted by atomic mass is 9.99. The Bertz CT molecular complexity index is 370. The fourth-order valence-electron chi connectivity index (χ4n) is 2.22. The Labute approximate surface area is 103 Å². The Kier molecular flexibility index (Phi) is 3.40. The van der Waals surface area contributed by atoms with E-state index in [-0.39, 0.29) is 18.0 Å². The fourth-order valence-corrected chi connectivity index (χ4v) is 2.22. The molecule has 3 nitrogen and oxygen atoms in total. The topological polar surface area (TPSA) is 27.7 Å². The van der Waals surface area contributed by atoms with Gasteiger partial charge in [0.15, 0.2) is 6.29 Å². The van der Waals surface area contributed by atoms with E-state index in [1.54, 1.807) is 7.11 Å². The predicted octanol–water partition coefficient (Wildman–Crippen LogP) is 3.30. The van der Waals surface area contributed by atoms with Gasteiger partial charge in [0.1, 0.15) is 5.75 Å². The molecule has 3 heteroatoms. The average Bonchev–Trinajstić information content (AvgIpc) is 2.26. The van der Waals surface area contributed by atoms with E-state index in [1.165, 1.54) is 0 Å². The van der Waals surface area contributed by atoms with Crippen LogP contribution in [0.15, 0.2) is 24.3 Å². The summed E-state index contributed by atoms with van der Waals surface area (Å²) >= 11 is 0. The molecule has 1 fully saturated rings. The van der Waals surface area contributed by atoms with Crippen molar-refractivity contribution in [1.82, 2.24) is 0 Å². The third-order valence-corrected chi connectivity index (χ3v) is 2.95. The Morgan fingerprint density at radius 1 is 1.24 bits per heavy atom. The van der Waals surface area contributed by atoms with E-state index in [2.05, 4.69) is 20.8 Å². The monoisotopic (exact) mass is 236 g/mol. The number of hydrogen-bond acceptors (Lipinski definition) is 3. The summed E-state index contributed by atoms with van der Waals surface area (Å²) < 4.78 is 16.9. The molecule has 0 bridgehead atoms. The fraction of sp³-hybridized carbons (Fsp3) is 0.571. The summed E-state index contributed by atoms with van der Waals surface area (Å²) in [6.45, 7) is 6.28. The Morgan fingerprint density at radius 2 is 1.88 bits per heavy atom. The maximum atomic E-state index is 5.94. The van der Waals surface area contributed by atoms with Gasteiger partial charge < -0.3 is 14.2 Å². The molecule has 0 unspecified atom stereocenters. The highest BCUT2D eigenvalue weighted by Gasteiger charge is 2.34. The van der Waals surface area contributed by atoms with E-state index in [1.807, 2.05) is 24.3 Å². The lowest BCUT2D eigenvalue weighted by Crippen LogP contribution is -2.38. The standard InChI is InChI=1S/C14H20O3/c1-10-9-14(2,3)17-13(16-10)11-5-7-12(15-4)8-6-11/h5-8,10,13H,9H2,1-4H3/t10-,13-/m0/s1. The minimum Gasteiger partial charge on any atom is -0.497 e. The minimum atomic E-state index is -0.278. The van der Waals surface area contributed by atoms with Crippen LogP contribution in [-0.4, -0.2) is 18.8 Å². The zero-order valence-corrected chi connectivity index (χ0v) is 10.9. The number of rotatable bonds is 2. The predicted molar refractivity (Wildman–Crippen MR) is 66.1 cm³/mol. The molecule has 2 rings (SSSR count). The van der Waals surface area contributed by atoms with Gasteiger partial charge in [0.2, 0.25) is 0 Å². The highest BCUT2D eigenvalue weighted by molar-refractivity contribution is 5.28. The second kappa shape index (κ2) is 4.67. The normalized spacial score (nSPS) is 27.8. The lowest BCUT2D eigenvalue weighted by molar-refractivity contribution is -0.273. The third kappa shape index (κ3) is 2.99. The third-order valence-electron chi connectivity index (χ3n) is 2.95. The highest BCUT2D eigenvalue weighted by atomic mass is 16.7. The molecule has 1 saturated heterocycles. The molecule has 0 aliphatic carbocycles. The van der Waals surface area contributed by atoms with Crippen molar-refractivity contribution in [3.05, 3.63) is 29.8 Å². The maximum absolute atomic E-state index is 5.94. The summed E-state index contributed by atoms with van der Waals surface area (Å²) in [5, 5.41) is 0. The summed E-state index contributed by atoms with van der Waals surface area (Å²) in [7, 11) is 1.66. The second-order valence-electron chi connectivity index (χ2n) is 5.13. The van der Waals surface area contributed by atoms with Crippen molar-refractivity contribution in [2.75, 3.05) is 7.11 Å². The van der Waals surface area contributed by atoms with Crippen LogP contribution in [0.5, 0.6) is 5.75 Å². The van der Waals surface area contributed by atoms with Crippen LogP contribution in [0.25, 0.3) is 0 Å². The van der Waals surface area contributed by atoms with Gasteiger partial charge in [-0.3, -0.25) is 0 Å². The molecule has 0 saturated carbocycles. The van der Waals surface area contributed by atoms with Gasteiger partial charge in [0, 0.05) is 12.0 Å². The first kappa shape index (κ1) is 12.4. The molecule has 17 heavy (non-hydrogen) atoms. The van der Waals surface area contributed by atoms with E-state index < -0.39 is 0 Å². The van der Waals surface area contributed by atoms with Crippen molar-refractivity contribution >= 4 is 0 Å². The van der Waals surface area contributed by atoms with Crippen LogP contribution in [0.2, 0.25) is 0 Å². The van der Waals surface area contributed by atoms with Gasteiger partial charge in [-0.1, -0.05) is 12.1 Å². The van der Waals surface area contributed by atoms with Crippen LogP contribution in [0, 0.1) is 0 Å². The molecule has 1 heterocycles. The van der Waals surface area contributed by atoms with Crippen LogP contribution in [0.1, 0.15) is 39.0 Å². The van der Waals surface area contributed by atoms with Gasteiger partial charge in [0.25, 0.3) is 0 Å². The number of benzene rings is 1. The van der Waals surface area contributed by atoms with E-state index in [4.69, 9.17) is 14.2 Å². The van der Waals surface area contributed by atoms with Crippen molar-refractivity contribution in [3.63, 3.8) is 0 Å². The first-order chi connectivity index (χ1) is 8.00. The quantitative estimate of drug-likeness (QED) is 0.788. The first-order valence-corrected chi connectivity index (χ1v) is 5.97. The molecular weight excluding hydrogens is 216 g/mol. The Hall–Kier alpha value is -1.06. The van der Waals surface area contributed by atoms with Crippen molar-refractivity contribution in [2.24, 2.45) is 0 Å². The van der Waals surface area contributed by atoms with Gasteiger partial charge in [-0.2, -0.15) is 0 Å². The van der Waals surface area contributed by atoms with E-state index in [0.29, 0.717) is 0 Å². The van der Waals surface area contributed by atoms with Crippen LogP contribution in [0.3, 0.4) is 0 Å². The Morgan fingerprint density at radius 3 is 2.41 bits per heavy atom. The highest BCUT2D eigenvalue weighted by Crippen LogP contribution is 2.35. The lowest BCUT2D eigenvalue weighted by Gasteiger charge is -2.39. The van der Waals surface area contributed by atoms with Crippen LogP contribution < -0.4 is 4.74 Å². The van der Waals surface area contributed by atoms with Crippen LogP contribution in [-0.2, 0) is 9.47 Å². The van der Waals surface area contributed by atoms with Crippen molar-refractivity contribution in [2.45, 2.75) is 45.2 Å². The summed E-state index contributed by atoms with van der Waals surface area (Å²) in [5.41, 5.74) is 0.896. The van der Waals surface area contributed by atoms with Gasteiger partial charge in [-0.15, -0.1) is 0 Å². The number of hydrogen-bond donors (Lipinski definition) is 0. The summed E-state index contributed by atoms with van der Waals surface area (Å²) in [6.07, 6.45) is 0.852.